The predicted octanol–water partition coefficient (Wildman–Crippen LogP) is 2.69. The van der Waals surface area contributed by atoms with Crippen LogP contribution in [-0.4, -0.2) is 60.0 Å². The molecule has 0 spiro atoms. The van der Waals surface area contributed by atoms with Gasteiger partial charge in [-0.3, -0.25) is 4.79 Å². The van der Waals surface area contributed by atoms with Gasteiger partial charge in [-0.1, -0.05) is 7.43 Å². The van der Waals surface area contributed by atoms with Crippen LogP contribution in [0.5, 0.6) is 17.2 Å². The van der Waals surface area contributed by atoms with Crippen LogP contribution < -0.4 is 30.3 Å². The molecule has 3 amide bonds. The Hall–Kier alpha value is -3.87. The lowest BCUT2D eigenvalue weighted by Crippen LogP contribution is -2.24. The molecule has 2 aromatic carbocycles. The van der Waals surface area contributed by atoms with Crippen molar-refractivity contribution in [1.82, 2.24) is 16.1 Å². The zero-order valence-corrected chi connectivity index (χ0v) is 18.7. The second-order valence-corrected chi connectivity index (χ2v) is 5.81. The number of hydrogen-bond acceptors (Lipinski definition) is 9. The molecule has 12 heteroatoms. The number of nitrogens with one attached hydrogen (secondary N) is 3. The molecule has 0 aliphatic rings. The molecule has 0 aliphatic heterocycles. The Balaban J connectivity index is 0.000000632. The zero-order valence-electron chi connectivity index (χ0n) is 18.7. The van der Waals surface area contributed by atoms with Crippen molar-refractivity contribution in [3.8, 4) is 17.2 Å². The Morgan fingerprint density at radius 1 is 0.706 bits per heavy atom. The number of hydroxylamine groups is 1. The van der Waals surface area contributed by atoms with Crippen molar-refractivity contribution in [2.45, 2.75) is 7.43 Å². The fourth-order valence-corrected chi connectivity index (χ4v) is 1.93. The van der Waals surface area contributed by atoms with Crippen LogP contribution in [0.3, 0.4) is 0 Å². The van der Waals surface area contributed by atoms with E-state index in [0.29, 0.717) is 22.8 Å². The summed E-state index contributed by atoms with van der Waals surface area (Å²) in [4.78, 5) is 38.0. The highest BCUT2D eigenvalue weighted by Crippen LogP contribution is 2.17. The standard InChI is InChI=1S/C11H14N2O5.C10H13NO4.CH4/c1-12-11(15)18-9-5-3-8(4-6-9)10(14)13-17-7-16-2;1-11-10(12)15-9-5-3-8(4-6-9)14-7-13-2;/h3-6H,7H2,1-2H3,(H,12,15)(H,13,14);3-6H,7H2,1-2H3,(H,11,12);1H4. The van der Waals surface area contributed by atoms with Crippen molar-refractivity contribution in [2.75, 3.05) is 41.9 Å². The third kappa shape index (κ3) is 12.2. The summed E-state index contributed by atoms with van der Waals surface area (Å²) in [5, 5.41) is 4.66. The van der Waals surface area contributed by atoms with E-state index in [1.165, 1.54) is 45.5 Å². The highest BCUT2D eigenvalue weighted by molar-refractivity contribution is 5.93. The van der Waals surface area contributed by atoms with Crippen LogP contribution in [0.25, 0.3) is 0 Å². The van der Waals surface area contributed by atoms with Gasteiger partial charge in [-0.2, -0.15) is 0 Å². The average Bonchev–Trinajstić information content (AvgIpc) is 2.84. The molecule has 12 nitrogen and oxygen atoms in total. The fraction of sp³-hybridized carbons (Fsp3) is 0.318. The molecule has 0 atom stereocenters. The molecule has 0 fully saturated rings. The first-order valence-electron chi connectivity index (χ1n) is 9.45. The molecule has 2 rings (SSSR count). The van der Waals surface area contributed by atoms with Crippen molar-refractivity contribution in [3.05, 3.63) is 54.1 Å². The van der Waals surface area contributed by atoms with Gasteiger partial charge < -0.3 is 34.3 Å². The lowest BCUT2D eigenvalue weighted by atomic mass is 10.2. The van der Waals surface area contributed by atoms with Gasteiger partial charge in [0, 0.05) is 33.9 Å². The molecule has 0 saturated heterocycles. The molecule has 0 saturated carbocycles. The summed E-state index contributed by atoms with van der Waals surface area (Å²) in [6.07, 6.45) is -1.07. The maximum atomic E-state index is 11.5. The Morgan fingerprint density at radius 3 is 1.59 bits per heavy atom. The van der Waals surface area contributed by atoms with Crippen LogP contribution in [-0.2, 0) is 14.3 Å². The highest BCUT2D eigenvalue weighted by atomic mass is 16.8. The quantitative estimate of drug-likeness (QED) is 0.280. The molecule has 34 heavy (non-hydrogen) atoms. The van der Waals surface area contributed by atoms with Gasteiger partial charge in [0.2, 0.25) is 0 Å². The molecule has 0 aromatic heterocycles. The predicted molar refractivity (Wildman–Crippen MR) is 123 cm³/mol. The Bertz CT molecular complexity index is 859. The van der Waals surface area contributed by atoms with Gasteiger partial charge in [-0.25, -0.2) is 19.9 Å². The smallest absolute Gasteiger partial charge is 0.412 e. The van der Waals surface area contributed by atoms with Crippen molar-refractivity contribution >= 4 is 18.1 Å². The number of methoxy groups -OCH3 is 2. The molecule has 0 radical (unpaired) electrons. The minimum Gasteiger partial charge on any atom is -0.468 e. The summed E-state index contributed by atoms with van der Waals surface area (Å²) in [5.41, 5.74) is 2.56. The summed E-state index contributed by atoms with van der Waals surface area (Å²) < 4.78 is 24.3. The van der Waals surface area contributed by atoms with Crippen molar-refractivity contribution in [2.24, 2.45) is 0 Å². The Morgan fingerprint density at radius 2 is 1.15 bits per heavy atom. The zero-order chi connectivity index (χ0) is 24.5. The number of hydrogen-bond donors (Lipinski definition) is 3. The van der Waals surface area contributed by atoms with E-state index < -0.39 is 18.1 Å². The van der Waals surface area contributed by atoms with E-state index in [1.807, 2.05) is 0 Å². The minimum absolute atomic E-state index is 0. The van der Waals surface area contributed by atoms with Gasteiger partial charge in [0.1, 0.15) is 17.2 Å². The number of carbonyl (C=O) groups is 3. The van der Waals surface area contributed by atoms with Crippen molar-refractivity contribution < 1.29 is 42.9 Å². The summed E-state index contributed by atoms with van der Waals surface area (Å²) in [6, 6.07) is 12.7. The van der Waals surface area contributed by atoms with Gasteiger partial charge in [0.25, 0.3) is 5.91 Å². The Kier molecular flexibility index (Phi) is 15.6. The topological polar surface area (TPSA) is 143 Å². The van der Waals surface area contributed by atoms with E-state index in [4.69, 9.17) is 23.8 Å². The first-order valence-corrected chi connectivity index (χ1v) is 9.45. The molecule has 0 heterocycles. The van der Waals surface area contributed by atoms with E-state index in [-0.39, 0.29) is 21.0 Å². The SMILES string of the molecule is C.CNC(=O)Oc1ccc(C(=O)NOCOC)cc1.CNC(=O)Oc1ccc(OCOC)cc1. The van der Waals surface area contributed by atoms with E-state index in [2.05, 4.69) is 20.9 Å². The lowest BCUT2D eigenvalue weighted by Gasteiger charge is -2.06. The third-order valence-corrected chi connectivity index (χ3v) is 3.45. The number of ether oxygens (including phenoxy) is 5. The maximum Gasteiger partial charge on any atom is 0.412 e. The molecular formula is C22H31N3O9. The van der Waals surface area contributed by atoms with Gasteiger partial charge in [-0.05, 0) is 48.5 Å². The summed E-state index contributed by atoms with van der Waals surface area (Å²) in [7, 11) is 5.94. The lowest BCUT2D eigenvalue weighted by molar-refractivity contribution is -0.0704. The van der Waals surface area contributed by atoms with E-state index in [1.54, 1.807) is 31.4 Å². The first-order chi connectivity index (χ1) is 15.9. The fourth-order valence-electron chi connectivity index (χ4n) is 1.93. The van der Waals surface area contributed by atoms with Crippen molar-refractivity contribution in [1.29, 1.82) is 0 Å². The van der Waals surface area contributed by atoms with E-state index in [9.17, 15) is 14.4 Å². The number of amides is 3. The van der Waals surface area contributed by atoms with Crippen LogP contribution in [0.15, 0.2) is 48.5 Å². The van der Waals surface area contributed by atoms with Gasteiger partial charge in [0.05, 0.1) is 0 Å². The second kappa shape index (κ2) is 17.7. The summed E-state index contributed by atoms with van der Waals surface area (Å²) in [6.45, 7) is 0.152. The van der Waals surface area contributed by atoms with Crippen LogP contribution in [0.4, 0.5) is 9.59 Å². The Labute approximate surface area is 198 Å². The van der Waals surface area contributed by atoms with Crippen molar-refractivity contribution in [3.63, 3.8) is 0 Å². The van der Waals surface area contributed by atoms with Crippen LogP contribution in [0.1, 0.15) is 17.8 Å². The summed E-state index contributed by atoms with van der Waals surface area (Å²) in [5.74, 6) is 1.03. The van der Waals surface area contributed by atoms with Crippen LogP contribution in [0, 0.1) is 0 Å². The normalized spacial score (nSPS) is 9.29. The molecule has 2 aromatic rings. The number of benzene rings is 2. The second-order valence-electron chi connectivity index (χ2n) is 5.81. The average molecular weight is 482 g/mol. The van der Waals surface area contributed by atoms with Crippen LogP contribution in [0.2, 0.25) is 0 Å². The molecule has 0 aliphatic carbocycles. The minimum atomic E-state index is -0.573. The summed E-state index contributed by atoms with van der Waals surface area (Å²) >= 11 is 0. The van der Waals surface area contributed by atoms with E-state index >= 15 is 0 Å². The third-order valence-electron chi connectivity index (χ3n) is 3.45. The molecular weight excluding hydrogens is 450 g/mol. The van der Waals surface area contributed by atoms with E-state index in [0.717, 1.165) is 0 Å². The molecule has 3 N–H and O–H groups in total. The van der Waals surface area contributed by atoms with Gasteiger partial charge in [0.15, 0.2) is 13.6 Å². The molecule has 0 bridgehead atoms. The van der Waals surface area contributed by atoms with Gasteiger partial charge in [-0.15, -0.1) is 0 Å². The largest absolute Gasteiger partial charge is 0.468 e. The number of carbonyl (C=O) groups excluding carboxylic acids is 3. The highest BCUT2D eigenvalue weighted by Gasteiger charge is 2.07. The first kappa shape index (κ1) is 30.1. The molecule has 188 valence electrons. The molecule has 0 unspecified atom stereocenters. The number of rotatable bonds is 9. The van der Waals surface area contributed by atoms with Crippen LogP contribution >= 0.6 is 0 Å². The van der Waals surface area contributed by atoms with Gasteiger partial charge >= 0.3 is 12.2 Å². The maximum absolute atomic E-state index is 11.5. The monoisotopic (exact) mass is 481 g/mol.